The van der Waals surface area contributed by atoms with Crippen molar-refractivity contribution < 1.29 is 14.3 Å². The van der Waals surface area contributed by atoms with E-state index in [1.165, 1.54) is 0 Å². The van der Waals surface area contributed by atoms with Gasteiger partial charge in [0.25, 0.3) is 0 Å². The molecule has 0 spiro atoms. The van der Waals surface area contributed by atoms with Crippen molar-refractivity contribution in [1.82, 2.24) is 9.88 Å². The molecule has 1 atom stereocenters. The predicted octanol–water partition coefficient (Wildman–Crippen LogP) is 3.47. The SMILES string of the molecule is COc1ccc(NC(=O)N2CCCC2c2ccncc2)cc1OC. The van der Waals surface area contributed by atoms with Crippen LogP contribution < -0.4 is 14.8 Å². The summed E-state index contributed by atoms with van der Waals surface area (Å²) >= 11 is 0. The van der Waals surface area contributed by atoms with Crippen molar-refractivity contribution in [3.8, 4) is 11.5 Å². The highest BCUT2D eigenvalue weighted by atomic mass is 16.5. The molecule has 0 radical (unpaired) electrons. The van der Waals surface area contributed by atoms with Crippen molar-refractivity contribution >= 4 is 11.7 Å². The minimum Gasteiger partial charge on any atom is -0.493 e. The Kier molecular flexibility index (Phi) is 4.84. The van der Waals surface area contributed by atoms with Gasteiger partial charge in [0.15, 0.2) is 11.5 Å². The lowest BCUT2D eigenvalue weighted by atomic mass is 10.1. The topological polar surface area (TPSA) is 63.7 Å². The van der Waals surface area contributed by atoms with Gasteiger partial charge in [-0.3, -0.25) is 4.98 Å². The number of hydrogen-bond donors (Lipinski definition) is 1. The lowest BCUT2D eigenvalue weighted by Gasteiger charge is -2.25. The van der Waals surface area contributed by atoms with Crippen molar-refractivity contribution in [2.45, 2.75) is 18.9 Å². The molecule has 1 aromatic heterocycles. The van der Waals surface area contributed by atoms with Crippen LogP contribution in [0.1, 0.15) is 24.4 Å². The van der Waals surface area contributed by atoms with Gasteiger partial charge in [-0.05, 0) is 42.7 Å². The Morgan fingerprint density at radius 1 is 1.17 bits per heavy atom. The molecule has 0 saturated carbocycles. The van der Waals surface area contributed by atoms with E-state index in [0.29, 0.717) is 17.2 Å². The summed E-state index contributed by atoms with van der Waals surface area (Å²) < 4.78 is 10.5. The third kappa shape index (κ3) is 3.27. The normalized spacial score (nSPS) is 16.8. The number of aromatic nitrogens is 1. The average Bonchev–Trinajstić information content (AvgIpc) is 3.12. The second kappa shape index (κ2) is 7.21. The highest BCUT2D eigenvalue weighted by Gasteiger charge is 2.30. The first kappa shape index (κ1) is 16.1. The van der Waals surface area contributed by atoms with Crippen LogP contribution in [0.2, 0.25) is 0 Å². The molecule has 3 rings (SSSR count). The van der Waals surface area contributed by atoms with Gasteiger partial charge in [-0.1, -0.05) is 0 Å². The monoisotopic (exact) mass is 327 g/mol. The van der Waals surface area contributed by atoms with Gasteiger partial charge < -0.3 is 19.7 Å². The number of anilines is 1. The van der Waals surface area contributed by atoms with Crippen LogP contribution in [0.5, 0.6) is 11.5 Å². The van der Waals surface area contributed by atoms with Crippen LogP contribution in [0.4, 0.5) is 10.5 Å². The lowest BCUT2D eigenvalue weighted by Crippen LogP contribution is -2.34. The third-order valence-electron chi connectivity index (χ3n) is 4.24. The highest BCUT2D eigenvalue weighted by molar-refractivity contribution is 5.90. The van der Waals surface area contributed by atoms with Gasteiger partial charge in [0.1, 0.15) is 0 Å². The second-order valence-corrected chi connectivity index (χ2v) is 5.63. The van der Waals surface area contributed by atoms with Crippen molar-refractivity contribution in [3.05, 3.63) is 48.3 Å². The van der Waals surface area contributed by atoms with E-state index in [4.69, 9.17) is 9.47 Å². The van der Waals surface area contributed by atoms with Gasteiger partial charge >= 0.3 is 6.03 Å². The van der Waals surface area contributed by atoms with Gasteiger partial charge in [0, 0.05) is 30.7 Å². The number of carbonyl (C=O) groups excluding carboxylic acids is 1. The van der Waals surface area contributed by atoms with E-state index in [2.05, 4.69) is 10.3 Å². The van der Waals surface area contributed by atoms with Gasteiger partial charge in [-0.2, -0.15) is 0 Å². The molecule has 2 aromatic rings. The molecule has 1 aromatic carbocycles. The number of ether oxygens (including phenoxy) is 2. The smallest absolute Gasteiger partial charge is 0.322 e. The van der Waals surface area contributed by atoms with Crippen molar-refractivity contribution in [3.63, 3.8) is 0 Å². The molecule has 126 valence electrons. The maximum absolute atomic E-state index is 12.7. The van der Waals surface area contributed by atoms with Crippen molar-refractivity contribution in [2.24, 2.45) is 0 Å². The number of pyridine rings is 1. The minimum atomic E-state index is -0.110. The van der Waals surface area contributed by atoms with E-state index in [9.17, 15) is 4.79 Å². The summed E-state index contributed by atoms with van der Waals surface area (Å²) in [5.74, 6) is 1.22. The molecule has 0 aliphatic carbocycles. The summed E-state index contributed by atoms with van der Waals surface area (Å²) in [4.78, 5) is 18.6. The van der Waals surface area contributed by atoms with E-state index in [1.54, 1.807) is 44.8 Å². The first-order valence-electron chi connectivity index (χ1n) is 7.92. The first-order chi connectivity index (χ1) is 11.7. The van der Waals surface area contributed by atoms with Crippen molar-refractivity contribution in [1.29, 1.82) is 0 Å². The molecule has 6 nitrogen and oxygen atoms in total. The van der Waals surface area contributed by atoms with E-state index >= 15 is 0 Å². The largest absolute Gasteiger partial charge is 0.493 e. The molecule has 1 N–H and O–H groups in total. The number of rotatable bonds is 4. The zero-order valence-corrected chi connectivity index (χ0v) is 13.9. The molecular weight excluding hydrogens is 306 g/mol. The summed E-state index contributed by atoms with van der Waals surface area (Å²) in [7, 11) is 3.16. The fourth-order valence-corrected chi connectivity index (χ4v) is 3.05. The number of likely N-dealkylation sites (tertiary alicyclic amines) is 1. The highest BCUT2D eigenvalue weighted by Crippen LogP contribution is 2.33. The van der Waals surface area contributed by atoms with Crippen LogP contribution in [-0.4, -0.2) is 36.7 Å². The number of methoxy groups -OCH3 is 2. The molecule has 24 heavy (non-hydrogen) atoms. The molecule has 1 fully saturated rings. The number of hydrogen-bond acceptors (Lipinski definition) is 4. The Balaban J connectivity index is 1.75. The molecule has 0 bridgehead atoms. The summed E-state index contributed by atoms with van der Waals surface area (Å²) in [6.45, 7) is 0.742. The minimum absolute atomic E-state index is 0.0909. The summed E-state index contributed by atoms with van der Waals surface area (Å²) in [6, 6.07) is 9.25. The van der Waals surface area contributed by atoms with Crippen LogP contribution in [-0.2, 0) is 0 Å². The Morgan fingerprint density at radius 3 is 2.62 bits per heavy atom. The van der Waals surface area contributed by atoms with Gasteiger partial charge in [0.2, 0.25) is 0 Å². The molecule has 1 aliphatic rings. The van der Waals surface area contributed by atoms with E-state index in [0.717, 1.165) is 24.9 Å². The number of nitrogens with zero attached hydrogens (tertiary/aromatic N) is 2. The first-order valence-corrected chi connectivity index (χ1v) is 7.92. The summed E-state index contributed by atoms with van der Waals surface area (Å²) in [6.07, 6.45) is 5.48. The second-order valence-electron chi connectivity index (χ2n) is 5.63. The number of nitrogens with one attached hydrogen (secondary N) is 1. The fourth-order valence-electron chi connectivity index (χ4n) is 3.05. The van der Waals surface area contributed by atoms with Crippen molar-refractivity contribution in [2.75, 3.05) is 26.1 Å². The lowest BCUT2D eigenvalue weighted by molar-refractivity contribution is 0.207. The quantitative estimate of drug-likeness (QED) is 0.934. The van der Waals surface area contributed by atoms with E-state index in [-0.39, 0.29) is 12.1 Å². The standard InChI is InChI=1S/C18H21N3O3/c1-23-16-6-5-14(12-17(16)24-2)20-18(22)21-11-3-4-15(21)13-7-9-19-10-8-13/h5-10,12,15H,3-4,11H2,1-2H3,(H,20,22). The molecule has 6 heteroatoms. The van der Waals surface area contributed by atoms with E-state index in [1.807, 2.05) is 17.0 Å². The molecule has 1 aliphatic heterocycles. The fraction of sp³-hybridized carbons (Fsp3) is 0.333. The van der Waals surface area contributed by atoms with Crippen LogP contribution >= 0.6 is 0 Å². The van der Waals surface area contributed by atoms with Gasteiger partial charge in [-0.15, -0.1) is 0 Å². The molecule has 2 heterocycles. The number of carbonyl (C=O) groups is 1. The zero-order valence-electron chi connectivity index (χ0n) is 13.9. The maximum atomic E-state index is 12.7. The van der Waals surface area contributed by atoms with Gasteiger partial charge in [-0.25, -0.2) is 4.79 Å². The van der Waals surface area contributed by atoms with Crippen LogP contribution in [0.3, 0.4) is 0 Å². The Bertz CT molecular complexity index is 706. The predicted molar refractivity (Wildman–Crippen MR) is 91.5 cm³/mol. The average molecular weight is 327 g/mol. The van der Waals surface area contributed by atoms with E-state index < -0.39 is 0 Å². The molecule has 2 amide bonds. The number of amides is 2. The maximum Gasteiger partial charge on any atom is 0.322 e. The van der Waals surface area contributed by atoms with Crippen LogP contribution in [0, 0.1) is 0 Å². The number of benzene rings is 1. The summed E-state index contributed by atoms with van der Waals surface area (Å²) in [5.41, 5.74) is 1.79. The molecule has 1 saturated heterocycles. The Labute approximate surface area is 141 Å². The van der Waals surface area contributed by atoms with Crippen LogP contribution in [0.15, 0.2) is 42.7 Å². The molecular formula is C18H21N3O3. The Morgan fingerprint density at radius 2 is 1.92 bits per heavy atom. The van der Waals surface area contributed by atoms with Gasteiger partial charge in [0.05, 0.1) is 20.3 Å². The van der Waals surface area contributed by atoms with Crippen LogP contribution in [0.25, 0.3) is 0 Å². The Hall–Kier alpha value is -2.76. The zero-order chi connectivity index (χ0) is 16.9. The summed E-state index contributed by atoms with van der Waals surface area (Å²) in [5, 5.41) is 2.95. The third-order valence-corrected chi connectivity index (χ3v) is 4.24. The number of urea groups is 1. The molecule has 1 unspecified atom stereocenters.